The topological polar surface area (TPSA) is 72.2 Å². The predicted octanol–water partition coefficient (Wildman–Crippen LogP) is -0.625. The molecule has 1 aromatic heterocycles. The molecule has 0 spiro atoms. The minimum absolute atomic E-state index is 0.0986. The lowest BCUT2D eigenvalue weighted by Crippen LogP contribution is -2.55. The second kappa shape index (κ2) is 4.80. The van der Waals surface area contributed by atoms with E-state index < -0.39 is 5.69 Å². The molecular formula is C12H21N5O2. The van der Waals surface area contributed by atoms with Crippen molar-refractivity contribution >= 4 is 5.82 Å². The Morgan fingerprint density at radius 2 is 1.95 bits per heavy atom. The van der Waals surface area contributed by atoms with Crippen molar-refractivity contribution < 1.29 is 0 Å². The maximum atomic E-state index is 11.9. The fourth-order valence-corrected chi connectivity index (χ4v) is 2.42. The molecular weight excluding hydrogens is 246 g/mol. The van der Waals surface area contributed by atoms with Gasteiger partial charge in [0.2, 0.25) is 5.82 Å². The number of anilines is 1. The molecule has 0 amide bonds. The Morgan fingerprint density at radius 3 is 2.42 bits per heavy atom. The van der Waals surface area contributed by atoms with Crippen molar-refractivity contribution in [2.45, 2.75) is 24.8 Å². The lowest BCUT2D eigenvalue weighted by Gasteiger charge is -2.47. The van der Waals surface area contributed by atoms with E-state index >= 15 is 0 Å². The molecule has 1 heterocycles. The number of aromatic nitrogens is 3. The van der Waals surface area contributed by atoms with Crippen LogP contribution in [0.5, 0.6) is 0 Å². The Hall–Kier alpha value is -1.63. The van der Waals surface area contributed by atoms with Gasteiger partial charge in [-0.15, -0.1) is 5.10 Å². The van der Waals surface area contributed by atoms with E-state index in [-0.39, 0.29) is 16.9 Å². The second-order valence-corrected chi connectivity index (χ2v) is 5.44. The third kappa shape index (κ3) is 2.30. The minimum atomic E-state index is -0.415. The van der Waals surface area contributed by atoms with Crippen LogP contribution in [0.25, 0.3) is 0 Å². The zero-order valence-corrected chi connectivity index (χ0v) is 11.9. The molecule has 0 radical (unpaired) electrons. The van der Waals surface area contributed by atoms with E-state index in [9.17, 15) is 9.59 Å². The van der Waals surface area contributed by atoms with E-state index in [0.29, 0.717) is 6.54 Å². The van der Waals surface area contributed by atoms with Gasteiger partial charge in [-0.05, 0) is 33.4 Å². The van der Waals surface area contributed by atoms with Crippen molar-refractivity contribution in [2.24, 2.45) is 14.1 Å². The fourth-order valence-electron chi connectivity index (χ4n) is 2.42. The quantitative estimate of drug-likeness (QED) is 0.787. The van der Waals surface area contributed by atoms with Crippen molar-refractivity contribution in [3.05, 3.63) is 20.8 Å². The van der Waals surface area contributed by atoms with Crippen LogP contribution >= 0.6 is 0 Å². The minimum Gasteiger partial charge on any atom is -0.362 e. The first-order chi connectivity index (χ1) is 8.87. The summed E-state index contributed by atoms with van der Waals surface area (Å²) in [6, 6.07) is 0. The molecule has 0 aromatic carbocycles. The Morgan fingerprint density at radius 1 is 1.32 bits per heavy atom. The molecule has 0 saturated heterocycles. The lowest BCUT2D eigenvalue weighted by atomic mass is 9.75. The average molecular weight is 267 g/mol. The third-order valence-electron chi connectivity index (χ3n) is 4.14. The predicted molar refractivity (Wildman–Crippen MR) is 73.5 cm³/mol. The summed E-state index contributed by atoms with van der Waals surface area (Å²) in [5, 5.41) is 7.10. The van der Waals surface area contributed by atoms with E-state index in [1.165, 1.54) is 25.2 Å². The molecule has 106 valence electrons. The Bertz CT molecular complexity index is 583. The number of hydrogen-bond donors (Lipinski definition) is 1. The maximum Gasteiger partial charge on any atom is 0.346 e. The smallest absolute Gasteiger partial charge is 0.346 e. The van der Waals surface area contributed by atoms with Crippen LogP contribution in [-0.2, 0) is 14.1 Å². The van der Waals surface area contributed by atoms with Gasteiger partial charge in [-0.3, -0.25) is 9.36 Å². The highest BCUT2D eigenvalue weighted by Gasteiger charge is 2.39. The van der Waals surface area contributed by atoms with E-state index in [0.717, 1.165) is 17.4 Å². The van der Waals surface area contributed by atoms with Crippen molar-refractivity contribution in [2.75, 3.05) is 26.0 Å². The third-order valence-corrected chi connectivity index (χ3v) is 4.14. The standard InChI is InChI=1S/C12H21N5O2/c1-15(2)12(6-5-7-12)8-13-9-10(18)16(3)11(19)17(4)14-9/h5-8H2,1-4H3,(H,13,14). The second-order valence-electron chi connectivity index (χ2n) is 5.44. The first kappa shape index (κ1) is 13.8. The summed E-state index contributed by atoms with van der Waals surface area (Å²) in [6.45, 7) is 0.667. The van der Waals surface area contributed by atoms with Crippen molar-refractivity contribution in [3.63, 3.8) is 0 Å². The zero-order valence-electron chi connectivity index (χ0n) is 11.9. The highest BCUT2D eigenvalue weighted by Crippen LogP contribution is 2.35. The number of aryl methyl sites for hydroxylation is 1. The molecule has 0 aliphatic heterocycles. The summed E-state index contributed by atoms with van der Waals surface area (Å²) >= 11 is 0. The lowest BCUT2D eigenvalue weighted by molar-refractivity contribution is 0.0737. The molecule has 1 aromatic rings. The number of rotatable bonds is 4. The highest BCUT2D eigenvalue weighted by molar-refractivity contribution is 5.31. The highest BCUT2D eigenvalue weighted by atomic mass is 16.2. The van der Waals surface area contributed by atoms with Gasteiger partial charge in [0, 0.05) is 26.2 Å². The van der Waals surface area contributed by atoms with Gasteiger partial charge in [0.05, 0.1) is 0 Å². The van der Waals surface area contributed by atoms with E-state index in [4.69, 9.17) is 0 Å². The number of likely N-dealkylation sites (N-methyl/N-ethyl adjacent to an activating group) is 1. The summed E-state index contributed by atoms with van der Waals surface area (Å²) < 4.78 is 2.24. The van der Waals surface area contributed by atoms with E-state index in [1.54, 1.807) is 0 Å². The van der Waals surface area contributed by atoms with Gasteiger partial charge in [0.25, 0.3) is 5.56 Å². The van der Waals surface area contributed by atoms with Gasteiger partial charge < -0.3 is 10.2 Å². The monoisotopic (exact) mass is 267 g/mol. The van der Waals surface area contributed by atoms with Crippen molar-refractivity contribution in [3.8, 4) is 0 Å². The Labute approximate surface area is 111 Å². The molecule has 7 heteroatoms. The maximum absolute atomic E-state index is 11.9. The number of hydrogen-bond acceptors (Lipinski definition) is 5. The van der Waals surface area contributed by atoms with E-state index in [1.807, 2.05) is 14.1 Å². The summed E-state index contributed by atoms with van der Waals surface area (Å²) in [5.74, 6) is 0.234. The van der Waals surface area contributed by atoms with Gasteiger partial charge in [-0.25, -0.2) is 9.48 Å². The van der Waals surface area contributed by atoms with Gasteiger partial charge in [0.1, 0.15) is 0 Å². The fraction of sp³-hybridized carbons (Fsp3) is 0.750. The number of nitrogens with one attached hydrogen (secondary N) is 1. The molecule has 1 N–H and O–H groups in total. The normalized spacial score (nSPS) is 17.3. The zero-order chi connectivity index (χ0) is 14.2. The summed E-state index contributed by atoms with van der Waals surface area (Å²) in [6.07, 6.45) is 3.43. The van der Waals surface area contributed by atoms with Crippen molar-refractivity contribution in [1.82, 2.24) is 19.2 Å². The van der Waals surface area contributed by atoms with Crippen LogP contribution in [0.1, 0.15) is 19.3 Å². The SMILES string of the molecule is CN(C)C1(CNc2nn(C)c(=O)n(C)c2=O)CCC1. The first-order valence-corrected chi connectivity index (χ1v) is 6.43. The Balaban J connectivity index is 2.21. The van der Waals surface area contributed by atoms with Crippen molar-refractivity contribution in [1.29, 1.82) is 0 Å². The van der Waals surface area contributed by atoms with Crippen LogP contribution in [0.3, 0.4) is 0 Å². The molecule has 19 heavy (non-hydrogen) atoms. The van der Waals surface area contributed by atoms with Gasteiger partial charge >= 0.3 is 5.69 Å². The summed E-state index contributed by atoms with van der Waals surface area (Å²) in [4.78, 5) is 25.7. The number of nitrogens with zero attached hydrogens (tertiary/aromatic N) is 4. The largest absolute Gasteiger partial charge is 0.362 e. The van der Waals surface area contributed by atoms with Crippen LogP contribution < -0.4 is 16.6 Å². The Kier molecular flexibility index (Phi) is 3.49. The van der Waals surface area contributed by atoms with Crippen LogP contribution in [0.4, 0.5) is 5.82 Å². The van der Waals surface area contributed by atoms with Crippen LogP contribution in [0, 0.1) is 0 Å². The molecule has 7 nitrogen and oxygen atoms in total. The van der Waals surface area contributed by atoms with Crippen LogP contribution in [0.15, 0.2) is 9.59 Å². The molecule has 1 saturated carbocycles. The molecule has 1 fully saturated rings. The van der Waals surface area contributed by atoms with E-state index in [2.05, 4.69) is 15.3 Å². The molecule has 1 aliphatic rings. The molecule has 0 bridgehead atoms. The molecule has 0 unspecified atom stereocenters. The summed E-state index contributed by atoms with van der Waals surface area (Å²) in [5.41, 5.74) is -0.695. The molecule has 2 rings (SSSR count). The first-order valence-electron chi connectivity index (χ1n) is 6.43. The van der Waals surface area contributed by atoms with Crippen LogP contribution in [0.2, 0.25) is 0 Å². The summed E-state index contributed by atoms with van der Waals surface area (Å²) in [7, 11) is 7.10. The molecule has 1 aliphatic carbocycles. The van der Waals surface area contributed by atoms with Gasteiger partial charge in [-0.2, -0.15) is 0 Å². The van der Waals surface area contributed by atoms with Crippen LogP contribution in [-0.4, -0.2) is 45.4 Å². The molecule has 0 atom stereocenters. The van der Waals surface area contributed by atoms with Gasteiger partial charge in [0.15, 0.2) is 0 Å². The average Bonchev–Trinajstić information content (AvgIpc) is 2.30. The van der Waals surface area contributed by atoms with Gasteiger partial charge in [-0.1, -0.05) is 0 Å².